The van der Waals surface area contributed by atoms with E-state index >= 15 is 0 Å². The van der Waals surface area contributed by atoms with Crippen molar-refractivity contribution in [3.63, 3.8) is 0 Å². The second-order valence-corrected chi connectivity index (χ2v) is 4.27. The summed E-state index contributed by atoms with van der Waals surface area (Å²) in [6.07, 6.45) is 0.755. The second-order valence-electron chi connectivity index (χ2n) is 3.46. The van der Waals surface area contributed by atoms with Crippen molar-refractivity contribution in [3.05, 3.63) is 23.8 Å². The largest absolute Gasteiger partial charge is 0.387 e. The number of amidine groups is 1. The Morgan fingerprint density at radius 2 is 2.33 bits per heavy atom. The number of nitrogens with zero attached hydrogens (tertiary/aromatic N) is 2. The van der Waals surface area contributed by atoms with Crippen molar-refractivity contribution in [1.82, 2.24) is 4.37 Å². The van der Waals surface area contributed by atoms with Crippen LogP contribution in [0.15, 0.2) is 23.2 Å². The van der Waals surface area contributed by atoms with Crippen molar-refractivity contribution in [3.8, 4) is 0 Å². The first kappa shape index (κ1) is 10.1. The number of benzene rings is 1. The molecule has 0 atom stereocenters. The highest BCUT2D eigenvalue weighted by Crippen LogP contribution is 2.29. The van der Waals surface area contributed by atoms with Crippen LogP contribution in [0.1, 0.15) is 18.9 Å². The molecular formula is C11H13N3S. The molecule has 0 bridgehead atoms. The van der Waals surface area contributed by atoms with Crippen LogP contribution in [-0.2, 0) is 0 Å². The maximum Gasteiger partial charge on any atom is 0.175 e. The van der Waals surface area contributed by atoms with Crippen molar-refractivity contribution >= 4 is 33.3 Å². The van der Waals surface area contributed by atoms with E-state index in [9.17, 15) is 0 Å². The fraction of sp³-hybridized carbons (Fsp3) is 0.273. The maximum absolute atomic E-state index is 5.71. The lowest BCUT2D eigenvalue weighted by Crippen LogP contribution is -2.08. The first-order valence-corrected chi connectivity index (χ1v) is 5.67. The summed E-state index contributed by atoms with van der Waals surface area (Å²) < 4.78 is 5.45. The van der Waals surface area contributed by atoms with Gasteiger partial charge in [-0.3, -0.25) is 0 Å². The van der Waals surface area contributed by atoms with Crippen LogP contribution in [0.25, 0.3) is 10.1 Å². The Balaban J connectivity index is 2.57. The van der Waals surface area contributed by atoms with Crippen molar-refractivity contribution in [2.75, 3.05) is 0 Å². The summed E-state index contributed by atoms with van der Waals surface area (Å²) in [5.74, 6) is 1.38. The highest BCUT2D eigenvalue weighted by Gasteiger charge is 2.05. The molecule has 4 heteroatoms. The molecule has 1 heterocycles. The van der Waals surface area contributed by atoms with Gasteiger partial charge in [0.1, 0.15) is 5.84 Å². The minimum atomic E-state index is 0.628. The number of hydrogen-bond donors (Lipinski definition) is 1. The van der Waals surface area contributed by atoms with Gasteiger partial charge in [-0.2, -0.15) is 4.37 Å². The molecule has 0 unspecified atom stereocenters. The molecule has 1 aromatic heterocycles. The molecule has 0 saturated carbocycles. The summed E-state index contributed by atoms with van der Waals surface area (Å²) in [6.45, 7) is 4.05. The van der Waals surface area contributed by atoms with Crippen LogP contribution in [0.4, 0.5) is 5.82 Å². The molecule has 2 aromatic rings. The van der Waals surface area contributed by atoms with Gasteiger partial charge in [0.25, 0.3) is 0 Å². The molecule has 0 aliphatic carbocycles. The number of nitrogens with two attached hydrogens (primary N) is 1. The van der Waals surface area contributed by atoms with Gasteiger partial charge in [0.05, 0.1) is 4.70 Å². The summed E-state index contributed by atoms with van der Waals surface area (Å²) in [5, 5.41) is 1.09. The Morgan fingerprint density at radius 1 is 1.53 bits per heavy atom. The zero-order valence-electron chi connectivity index (χ0n) is 8.82. The van der Waals surface area contributed by atoms with Gasteiger partial charge in [-0.15, -0.1) is 0 Å². The van der Waals surface area contributed by atoms with Gasteiger partial charge in [0.2, 0.25) is 0 Å². The normalized spacial score (nSPS) is 12.3. The third-order valence-electron chi connectivity index (χ3n) is 2.22. The Labute approximate surface area is 92.8 Å². The van der Waals surface area contributed by atoms with Gasteiger partial charge < -0.3 is 5.73 Å². The highest BCUT2D eigenvalue weighted by atomic mass is 32.1. The number of hydrogen-bond acceptors (Lipinski definition) is 3. The Morgan fingerprint density at radius 3 is 3.07 bits per heavy atom. The molecule has 2 N–H and O–H groups in total. The lowest BCUT2D eigenvalue weighted by molar-refractivity contribution is 1.23. The molecule has 0 amide bonds. The Hall–Kier alpha value is -1.42. The first-order chi connectivity index (χ1) is 7.20. The van der Waals surface area contributed by atoms with Crippen molar-refractivity contribution < 1.29 is 0 Å². The smallest absolute Gasteiger partial charge is 0.175 e. The maximum atomic E-state index is 5.71. The zero-order valence-corrected chi connectivity index (χ0v) is 9.64. The van der Waals surface area contributed by atoms with Gasteiger partial charge in [-0.05, 0) is 30.6 Å². The van der Waals surface area contributed by atoms with Crippen LogP contribution in [-0.4, -0.2) is 10.2 Å². The van der Waals surface area contributed by atoms with Crippen LogP contribution in [0.2, 0.25) is 0 Å². The monoisotopic (exact) mass is 219 g/mol. The predicted octanol–water partition coefficient (Wildman–Crippen LogP) is 3.00. The first-order valence-electron chi connectivity index (χ1n) is 4.89. The molecule has 0 aliphatic rings. The van der Waals surface area contributed by atoms with E-state index in [1.54, 1.807) is 0 Å². The molecular weight excluding hydrogens is 206 g/mol. The topological polar surface area (TPSA) is 51.3 Å². The van der Waals surface area contributed by atoms with Gasteiger partial charge >= 0.3 is 0 Å². The second kappa shape index (κ2) is 3.98. The molecule has 2 rings (SSSR count). The molecule has 3 nitrogen and oxygen atoms in total. The summed E-state index contributed by atoms with van der Waals surface area (Å²) in [5.41, 5.74) is 6.92. The molecule has 0 radical (unpaired) electrons. The van der Waals surface area contributed by atoms with Gasteiger partial charge in [0, 0.05) is 11.8 Å². The van der Waals surface area contributed by atoms with E-state index in [1.807, 2.05) is 6.92 Å². The van der Waals surface area contributed by atoms with Crippen LogP contribution in [0.3, 0.4) is 0 Å². The lowest BCUT2D eigenvalue weighted by Gasteiger charge is -1.95. The average molecular weight is 219 g/mol. The molecule has 0 fully saturated rings. The number of rotatable bonds is 2. The summed E-state index contributed by atoms with van der Waals surface area (Å²) in [6, 6.07) is 6.25. The summed E-state index contributed by atoms with van der Waals surface area (Å²) in [4.78, 5) is 4.30. The molecule has 1 aromatic carbocycles. The fourth-order valence-corrected chi connectivity index (χ4v) is 2.04. The number of aromatic nitrogens is 1. The van der Waals surface area contributed by atoms with E-state index < -0.39 is 0 Å². The van der Waals surface area contributed by atoms with E-state index in [0.717, 1.165) is 22.3 Å². The van der Waals surface area contributed by atoms with E-state index in [2.05, 4.69) is 34.5 Å². The Bertz CT molecular complexity index is 514. The highest BCUT2D eigenvalue weighted by molar-refractivity contribution is 7.13. The van der Waals surface area contributed by atoms with Crippen LogP contribution in [0.5, 0.6) is 0 Å². The van der Waals surface area contributed by atoms with Gasteiger partial charge in [0.15, 0.2) is 5.82 Å². The van der Waals surface area contributed by atoms with E-state index in [-0.39, 0.29) is 0 Å². The van der Waals surface area contributed by atoms with Crippen LogP contribution in [0, 0.1) is 6.92 Å². The third kappa shape index (κ3) is 1.99. The van der Waals surface area contributed by atoms with Crippen LogP contribution >= 0.6 is 11.5 Å². The average Bonchev–Trinajstić information content (AvgIpc) is 2.61. The number of aliphatic imine (C=N–C) groups is 1. The minimum absolute atomic E-state index is 0.628. The van der Waals surface area contributed by atoms with Crippen molar-refractivity contribution in [2.24, 2.45) is 10.7 Å². The fourth-order valence-electron chi connectivity index (χ4n) is 1.34. The number of aryl methyl sites for hydroxylation is 1. The van der Waals surface area contributed by atoms with Crippen molar-refractivity contribution in [2.45, 2.75) is 20.3 Å². The van der Waals surface area contributed by atoms with E-state index in [4.69, 9.17) is 5.73 Å². The van der Waals surface area contributed by atoms with E-state index in [1.165, 1.54) is 17.1 Å². The van der Waals surface area contributed by atoms with Gasteiger partial charge in [-0.25, -0.2) is 4.99 Å². The van der Waals surface area contributed by atoms with Crippen molar-refractivity contribution in [1.29, 1.82) is 0 Å². The summed E-state index contributed by atoms with van der Waals surface area (Å²) >= 11 is 1.46. The molecule has 78 valence electrons. The lowest BCUT2D eigenvalue weighted by atomic mass is 10.2. The zero-order chi connectivity index (χ0) is 10.8. The quantitative estimate of drug-likeness (QED) is 0.623. The Kier molecular flexibility index (Phi) is 2.68. The standard InChI is InChI=1S/C11H13N3S/c1-3-10(12)13-11-8-6-7(2)4-5-9(8)15-14-11/h4-6H,3H2,1-2H3,(H2,12,13,14). The van der Waals surface area contributed by atoms with Crippen LogP contribution < -0.4 is 5.73 Å². The van der Waals surface area contributed by atoms with E-state index in [0.29, 0.717) is 5.84 Å². The SMILES string of the molecule is CCC(N)=Nc1nsc2ccc(C)cc12. The molecule has 0 aliphatic heterocycles. The van der Waals surface area contributed by atoms with Gasteiger partial charge in [-0.1, -0.05) is 18.6 Å². The third-order valence-corrected chi connectivity index (χ3v) is 3.04. The molecule has 15 heavy (non-hydrogen) atoms. The summed E-state index contributed by atoms with van der Waals surface area (Å²) in [7, 11) is 0. The minimum Gasteiger partial charge on any atom is -0.387 e. The molecule has 0 saturated heterocycles. The number of fused-ring (bicyclic) bond motifs is 1. The molecule has 0 spiro atoms. The predicted molar refractivity (Wildman–Crippen MR) is 65.9 cm³/mol.